The van der Waals surface area contributed by atoms with Gasteiger partial charge in [-0.2, -0.15) is 5.10 Å². The van der Waals surface area contributed by atoms with Crippen LogP contribution in [0.4, 0.5) is 0 Å². The molecule has 2 heterocycles. The maximum atomic E-state index is 10.8. The number of pyridine rings is 1. The van der Waals surface area contributed by atoms with Crippen molar-refractivity contribution >= 4 is 6.29 Å². The van der Waals surface area contributed by atoms with E-state index < -0.39 is 0 Å². The highest BCUT2D eigenvalue weighted by Crippen LogP contribution is 2.20. The zero-order valence-electron chi connectivity index (χ0n) is 7.69. The molecule has 0 atom stereocenters. The number of carbonyl (C=O) groups is 1. The molecule has 0 unspecified atom stereocenters. The molecule has 0 aromatic carbocycles. The minimum Gasteiger partial charge on any atom is -0.298 e. The first-order chi connectivity index (χ1) is 6.83. The minimum atomic E-state index is 0.595. The summed E-state index contributed by atoms with van der Waals surface area (Å²) < 4.78 is 0. The summed E-state index contributed by atoms with van der Waals surface area (Å²) in [5, 5.41) is 6.84. The molecule has 1 N–H and O–H groups in total. The van der Waals surface area contributed by atoms with Gasteiger partial charge in [-0.15, -0.1) is 0 Å². The van der Waals surface area contributed by atoms with E-state index in [9.17, 15) is 4.79 Å². The third-order valence-electron chi connectivity index (χ3n) is 2.05. The van der Waals surface area contributed by atoms with Crippen LogP contribution in [0.15, 0.2) is 24.5 Å². The van der Waals surface area contributed by atoms with Gasteiger partial charge >= 0.3 is 0 Å². The number of aldehydes is 1. The Labute approximate surface area is 81.0 Å². The van der Waals surface area contributed by atoms with Crippen LogP contribution in [0.2, 0.25) is 0 Å². The first-order valence-corrected chi connectivity index (χ1v) is 4.23. The van der Waals surface area contributed by atoms with Gasteiger partial charge in [-0.05, 0) is 19.1 Å². The van der Waals surface area contributed by atoms with Gasteiger partial charge in [0.2, 0.25) is 0 Å². The van der Waals surface area contributed by atoms with E-state index in [1.165, 1.54) is 0 Å². The second kappa shape index (κ2) is 3.41. The van der Waals surface area contributed by atoms with Gasteiger partial charge in [0, 0.05) is 23.7 Å². The van der Waals surface area contributed by atoms with E-state index in [0.717, 1.165) is 17.5 Å². The number of nitrogens with one attached hydrogen (secondary N) is 1. The van der Waals surface area contributed by atoms with Gasteiger partial charge < -0.3 is 0 Å². The number of nitrogens with zero attached hydrogens (tertiary/aromatic N) is 2. The van der Waals surface area contributed by atoms with Crippen molar-refractivity contribution < 1.29 is 4.79 Å². The third-order valence-corrected chi connectivity index (χ3v) is 2.05. The maximum absolute atomic E-state index is 10.8. The highest BCUT2D eigenvalue weighted by atomic mass is 16.1. The van der Waals surface area contributed by atoms with E-state index in [-0.39, 0.29) is 0 Å². The number of hydrogen-bond donors (Lipinski definition) is 1. The molecule has 0 saturated carbocycles. The maximum Gasteiger partial charge on any atom is 0.154 e. The molecule has 0 bridgehead atoms. The summed E-state index contributed by atoms with van der Waals surface area (Å²) in [5.74, 6) is 0. The first-order valence-electron chi connectivity index (χ1n) is 4.23. The Bertz CT molecular complexity index is 448. The quantitative estimate of drug-likeness (QED) is 0.726. The number of hydrogen-bond acceptors (Lipinski definition) is 3. The second-order valence-electron chi connectivity index (χ2n) is 2.97. The largest absolute Gasteiger partial charge is 0.298 e. The van der Waals surface area contributed by atoms with E-state index in [2.05, 4.69) is 15.2 Å². The van der Waals surface area contributed by atoms with Crippen LogP contribution in [-0.2, 0) is 0 Å². The van der Waals surface area contributed by atoms with Crippen LogP contribution in [0.1, 0.15) is 16.1 Å². The van der Waals surface area contributed by atoms with Crippen LogP contribution in [-0.4, -0.2) is 21.5 Å². The van der Waals surface area contributed by atoms with Crippen molar-refractivity contribution in [2.24, 2.45) is 0 Å². The summed E-state index contributed by atoms with van der Waals surface area (Å²) in [5.41, 5.74) is 2.88. The third kappa shape index (κ3) is 1.31. The molecule has 2 aromatic heterocycles. The van der Waals surface area contributed by atoms with Crippen LogP contribution < -0.4 is 0 Å². The Hall–Kier alpha value is -1.97. The highest BCUT2D eigenvalue weighted by Gasteiger charge is 2.10. The number of rotatable bonds is 2. The molecule has 0 aliphatic carbocycles. The Morgan fingerprint density at radius 3 is 3.00 bits per heavy atom. The van der Waals surface area contributed by atoms with Crippen molar-refractivity contribution in [3.05, 3.63) is 35.8 Å². The Morgan fingerprint density at radius 2 is 2.36 bits per heavy atom. The fourth-order valence-corrected chi connectivity index (χ4v) is 1.30. The van der Waals surface area contributed by atoms with Crippen molar-refractivity contribution in [3.63, 3.8) is 0 Å². The van der Waals surface area contributed by atoms with Gasteiger partial charge in [0.15, 0.2) is 6.29 Å². The van der Waals surface area contributed by atoms with Gasteiger partial charge in [-0.25, -0.2) is 0 Å². The summed E-state index contributed by atoms with van der Waals surface area (Å²) in [6.07, 6.45) is 4.17. The molecule has 4 heteroatoms. The van der Waals surface area contributed by atoms with Crippen LogP contribution in [0.25, 0.3) is 11.3 Å². The summed E-state index contributed by atoms with van der Waals surface area (Å²) in [6.45, 7) is 1.82. The second-order valence-corrected chi connectivity index (χ2v) is 2.97. The van der Waals surface area contributed by atoms with E-state index in [0.29, 0.717) is 11.3 Å². The molecule has 2 aromatic rings. The molecule has 0 fully saturated rings. The Balaban J connectivity index is 2.57. The van der Waals surface area contributed by atoms with Crippen molar-refractivity contribution in [1.29, 1.82) is 0 Å². The molecule has 0 saturated heterocycles. The van der Waals surface area contributed by atoms with Gasteiger partial charge in [0.25, 0.3) is 0 Å². The van der Waals surface area contributed by atoms with Crippen molar-refractivity contribution in [2.45, 2.75) is 6.92 Å². The van der Waals surface area contributed by atoms with Gasteiger partial charge in [-0.1, -0.05) is 0 Å². The summed E-state index contributed by atoms with van der Waals surface area (Å²) >= 11 is 0. The van der Waals surface area contributed by atoms with Crippen molar-refractivity contribution in [1.82, 2.24) is 15.2 Å². The van der Waals surface area contributed by atoms with E-state index >= 15 is 0 Å². The summed E-state index contributed by atoms with van der Waals surface area (Å²) in [6, 6.07) is 3.68. The van der Waals surface area contributed by atoms with E-state index in [4.69, 9.17) is 0 Å². The highest BCUT2D eigenvalue weighted by molar-refractivity contribution is 5.86. The fourth-order valence-electron chi connectivity index (χ4n) is 1.30. The summed E-state index contributed by atoms with van der Waals surface area (Å²) in [4.78, 5) is 14.8. The molecule has 0 radical (unpaired) electrons. The molecule has 0 aliphatic heterocycles. The normalized spacial score (nSPS) is 10.1. The van der Waals surface area contributed by atoms with Gasteiger partial charge in [-0.3, -0.25) is 14.9 Å². The number of carbonyl (C=O) groups excluding carboxylic acids is 1. The standard InChI is InChI=1S/C10H9N3O/c1-7-9(6-14)10(13-12-7)8-3-2-4-11-5-8/h2-6H,1H3,(H,12,13). The van der Waals surface area contributed by atoms with E-state index in [1.807, 2.05) is 19.1 Å². The average molecular weight is 187 g/mol. The Morgan fingerprint density at radius 1 is 1.50 bits per heavy atom. The number of aryl methyl sites for hydroxylation is 1. The smallest absolute Gasteiger partial charge is 0.154 e. The lowest BCUT2D eigenvalue weighted by atomic mass is 10.1. The average Bonchev–Trinajstić information content (AvgIpc) is 2.61. The summed E-state index contributed by atoms with van der Waals surface area (Å²) in [7, 11) is 0. The molecule has 14 heavy (non-hydrogen) atoms. The lowest BCUT2D eigenvalue weighted by molar-refractivity contribution is 0.112. The van der Waals surface area contributed by atoms with Crippen LogP contribution in [0, 0.1) is 6.92 Å². The van der Waals surface area contributed by atoms with Gasteiger partial charge in [0.1, 0.15) is 5.69 Å². The monoisotopic (exact) mass is 187 g/mol. The number of H-pyrrole nitrogens is 1. The fraction of sp³-hybridized carbons (Fsp3) is 0.100. The van der Waals surface area contributed by atoms with Crippen molar-refractivity contribution in [2.75, 3.05) is 0 Å². The topological polar surface area (TPSA) is 58.6 Å². The Kier molecular flexibility index (Phi) is 2.10. The minimum absolute atomic E-state index is 0.595. The number of aromatic nitrogens is 3. The molecule has 0 aliphatic rings. The van der Waals surface area contributed by atoms with Crippen LogP contribution in [0.5, 0.6) is 0 Å². The molecular weight excluding hydrogens is 178 g/mol. The molecule has 0 amide bonds. The first kappa shape index (κ1) is 8.62. The molecule has 70 valence electrons. The van der Waals surface area contributed by atoms with Crippen molar-refractivity contribution in [3.8, 4) is 11.3 Å². The lowest BCUT2D eigenvalue weighted by Crippen LogP contribution is -1.86. The molecular formula is C10H9N3O. The van der Waals surface area contributed by atoms with Gasteiger partial charge in [0.05, 0.1) is 5.56 Å². The molecule has 0 spiro atoms. The van der Waals surface area contributed by atoms with Crippen LogP contribution in [0.3, 0.4) is 0 Å². The molecule has 4 nitrogen and oxygen atoms in total. The zero-order valence-corrected chi connectivity index (χ0v) is 7.69. The van der Waals surface area contributed by atoms with E-state index in [1.54, 1.807) is 12.4 Å². The predicted molar refractivity (Wildman–Crippen MR) is 51.9 cm³/mol. The predicted octanol–water partition coefficient (Wildman–Crippen LogP) is 1.59. The number of aromatic amines is 1. The lowest BCUT2D eigenvalue weighted by Gasteiger charge is -1.95. The SMILES string of the molecule is Cc1[nH]nc(-c2cccnc2)c1C=O. The zero-order chi connectivity index (χ0) is 9.97. The van der Waals surface area contributed by atoms with Crippen LogP contribution >= 0.6 is 0 Å². The molecule has 2 rings (SSSR count).